The summed E-state index contributed by atoms with van der Waals surface area (Å²) in [6.45, 7) is 14.6. The van der Waals surface area contributed by atoms with Crippen molar-refractivity contribution in [2.45, 2.75) is 84.4 Å². The van der Waals surface area contributed by atoms with Crippen molar-refractivity contribution in [1.82, 2.24) is 0 Å². The van der Waals surface area contributed by atoms with Gasteiger partial charge in [-0.25, -0.2) is 0 Å². The lowest BCUT2D eigenvalue weighted by atomic mass is 10.2. The van der Waals surface area contributed by atoms with Crippen LogP contribution in [0.25, 0.3) is 0 Å². The summed E-state index contributed by atoms with van der Waals surface area (Å²) in [5.74, 6) is 0. The second kappa shape index (κ2) is 10.4. The Kier molecular flexibility index (Phi) is 10.2. The fourth-order valence-corrected chi connectivity index (χ4v) is 2.68. The standard InChI is InChI=1S/C18H36OSi/c1-7-8-9-10-11-12-13-14-15-16-17-19-20(5,6)18(2,3)4/h11-12,14-15H,7-10,13,16-17H2,1-6H3/b12-11-,15-14-. The summed E-state index contributed by atoms with van der Waals surface area (Å²) >= 11 is 0. The highest BCUT2D eigenvalue weighted by Crippen LogP contribution is 2.36. The molecule has 0 bridgehead atoms. The van der Waals surface area contributed by atoms with Gasteiger partial charge < -0.3 is 4.43 Å². The fourth-order valence-electron chi connectivity index (χ4n) is 1.62. The van der Waals surface area contributed by atoms with Gasteiger partial charge in [0.2, 0.25) is 0 Å². The van der Waals surface area contributed by atoms with Gasteiger partial charge in [-0.2, -0.15) is 0 Å². The van der Waals surface area contributed by atoms with Gasteiger partial charge >= 0.3 is 0 Å². The summed E-state index contributed by atoms with van der Waals surface area (Å²) in [6.07, 6.45) is 16.4. The zero-order valence-corrected chi connectivity index (χ0v) is 15.7. The molecule has 20 heavy (non-hydrogen) atoms. The number of rotatable bonds is 10. The highest BCUT2D eigenvalue weighted by Gasteiger charge is 2.36. The van der Waals surface area contributed by atoms with Crippen LogP contribution in [0.4, 0.5) is 0 Å². The van der Waals surface area contributed by atoms with Crippen molar-refractivity contribution in [3.63, 3.8) is 0 Å². The van der Waals surface area contributed by atoms with Crippen LogP contribution in [-0.4, -0.2) is 14.9 Å². The van der Waals surface area contributed by atoms with E-state index in [1.165, 1.54) is 25.7 Å². The molecular formula is C18H36OSi. The lowest BCUT2D eigenvalue weighted by Gasteiger charge is -2.36. The Morgan fingerprint density at radius 3 is 2.05 bits per heavy atom. The van der Waals surface area contributed by atoms with Crippen molar-refractivity contribution >= 4 is 8.32 Å². The van der Waals surface area contributed by atoms with Gasteiger partial charge in [-0.05, 0) is 43.8 Å². The number of unbranched alkanes of at least 4 members (excludes halogenated alkanes) is 3. The first-order chi connectivity index (χ1) is 9.31. The van der Waals surface area contributed by atoms with E-state index in [2.05, 4.69) is 65.1 Å². The monoisotopic (exact) mass is 296 g/mol. The predicted molar refractivity (Wildman–Crippen MR) is 94.8 cm³/mol. The molecule has 0 unspecified atom stereocenters. The Hall–Kier alpha value is -0.343. The van der Waals surface area contributed by atoms with Gasteiger partial charge in [-0.3, -0.25) is 0 Å². The minimum atomic E-state index is -1.55. The average molecular weight is 297 g/mol. The van der Waals surface area contributed by atoms with Gasteiger partial charge in [0.25, 0.3) is 0 Å². The maximum absolute atomic E-state index is 6.14. The van der Waals surface area contributed by atoms with E-state index in [1.54, 1.807) is 0 Å². The van der Waals surface area contributed by atoms with Crippen molar-refractivity contribution in [2.24, 2.45) is 0 Å². The van der Waals surface area contributed by atoms with Crippen LogP contribution in [0.3, 0.4) is 0 Å². The third-order valence-electron chi connectivity index (χ3n) is 4.13. The molecule has 0 aliphatic rings. The molecule has 0 aliphatic heterocycles. The van der Waals surface area contributed by atoms with Crippen molar-refractivity contribution in [3.8, 4) is 0 Å². The van der Waals surface area contributed by atoms with Crippen LogP contribution in [0.15, 0.2) is 24.3 Å². The van der Waals surface area contributed by atoms with Crippen LogP contribution in [0.5, 0.6) is 0 Å². The highest BCUT2D eigenvalue weighted by atomic mass is 28.4. The summed E-state index contributed by atoms with van der Waals surface area (Å²) in [7, 11) is -1.55. The van der Waals surface area contributed by atoms with Gasteiger partial charge in [-0.1, -0.05) is 64.8 Å². The van der Waals surface area contributed by atoms with Crippen LogP contribution in [0.2, 0.25) is 18.1 Å². The van der Waals surface area contributed by atoms with E-state index in [0.29, 0.717) is 5.04 Å². The third-order valence-corrected chi connectivity index (χ3v) is 8.67. The fraction of sp³-hybridized carbons (Fsp3) is 0.778. The van der Waals surface area contributed by atoms with Crippen molar-refractivity contribution in [3.05, 3.63) is 24.3 Å². The zero-order valence-electron chi connectivity index (χ0n) is 14.7. The Labute approximate surface area is 128 Å². The molecule has 0 aromatic carbocycles. The molecule has 0 atom stereocenters. The summed E-state index contributed by atoms with van der Waals surface area (Å²) < 4.78 is 6.14. The molecule has 0 spiro atoms. The minimum Gasteiger partial charge on any atom is -0.417 e. The van der Waals surface area contributed by atoms with E-state index in [-0.39, 0.29) is 0 Å². The van der Waals surface area contributed by atoms with Gasteiger partial charge in [-0.15, -0.1) is 0 Å². The van der Waals surface area contributed by atoms with Gasteiger partial charge in [0.05, 0.1) is 0 Å². The van der Waals surface area contributed by atoms with Crippen molar-refractivity contribution < 1.29 is 4.43 Å². The van der Waals surface area contributed by atoms with E-state index in [1.807, 2.05) is 0 Å². The SMILES string of the molecule is CCCCC/C=C\C/C=C\CCO[Si](C)(C)C(C)(C)C. The molecule has 0 fully saturated rings. The van der Waals surface area contributed by atoms with E-state index < -0.39 is 8.32 Å². The Bertz CT molecular complexity index is 284. The Balaban J connectivity index is 3.63. The van der Waals surface area contributed by atoms with Crippen molar-refractivity contribution in [1.29, 1.82) is 0 Å². The first kappa shape index (κ1) is 19.7. The topological polar surface area (TPSA) is 9.23 Å². The number of hydrogen-bond donors (Lipinski definition) is 0. The minimum absolute atomic E-state index is 0.317. The second-order valence-electron chi connectivity index (χ2n) is 7.07. The molecule has 0 amide bonds. The lowest BCUT2D eigenvalue weighted by molar-refractivity contribution is 0.294. The van der Waals surface area contributed by atoms with Gasteiger partial charge in [0, 0.05) is 6.61 Å². The third kappa shape index (κ3) is 9.54. The molecule has 0 radical (unpaired) electrons. The summed E-state index contributed by atoms with van der Waals surface area (Å²) in [5.41, 5.74) is 0. The maximum atomic E-state index is 6.14. The van der Waals surface area contributed by atoms with E-state index in [0.717, 1.165) is 19.4 Å². The highest BCUT2D eigenvalue weighted by molar-refractivity contribution is 6.74. The molecule has 2 heteroatoms. The molecule has 0 saturated heterocycles. The molecular weight excluding hydrogens is 260 g/mol. The largest absolute Gasteiger partial charge is 0.417 e. The van der Waals surface area contributed by atoms with E-state index in [4.69, 9.17) is 4.43 Å². The Morgan fingerprint density at radius 1 is 0.900 bits per heavy atom. The second-order valence-corrected chi connectivity index (χ2v) is 11.9. The first-order valence-electron chi connectivity index (χ1n) is 8.25. The maximum Gasteiger partial charge on any atom is 0.191 e. The van der Waals surface area contributed by atoms with Crippen molar-refractivity contribution in [2.75, 3.05) is 6.61 Å². The average Bonchev–Trinajstić information content (AvgIpc) is 2.34. The number of hydrogen-bond acceptors (Lipinski definition) is 1. The molecule has 0 rings (SSSR count). The molecule has 0 saturated carbocycles. The van der Waals surface area contributed by atoms with E-state index >= 15 is 0 Å². The smallest absolute Gasteiger partial charge is 0.191 e. The molecule has 0 heterocycles. The normalized spacial score (nSPS) is 13.7. The predicted octanol–water partition coefficient (Wildman–Crippen LogP) is 6.48. The Morgan fingerprint density at radius 2 is 1.50 bits per heavy atom. The molecule has 0 aromatic rings. The lowest BCUT2D eigenvalue weighted by Crippen LogP contribution is -2.40. The van der Waals surface area contributed by atoms with E-state index in [9.17, 15) is 0 Å². The summed E-state index contributed by atoms with van der Waals surface area (Å²) in [4.78, 5) is 0. The van der Waals surface area contributed by atoms with Gasteiger partial charge in [0.1, 0.15) is 0 Å². The number of allylic oxidation sites excluding steroid dienone is 3. The molecule has 0 aliphatic carbocycles. The summed E-state index contributed by atoms with van der Waals surface area (Å²) in [6, 6.07) is 0. The van der Waals surface area contributed by atoms with Crippen LogP contribution in [0.1, 0.15) is 66.2 Å². The van der Waals surface area contributed by atoms with Gasteiger partial charge in [0.15, 0.2) is 8.32 Å². The first-order valence-corrected chi connectivity index (χ1v) is 11.2. The quantitative estimate of drug-likeness (QED) is 0.254. The zero-order chi connectivity index (χ0) is 15.5. The summed E-state index contributed by atoms with van der Waals surface area (Å²) in [5, 5.41) is 0.317. The van der Waals surface area contributed by atoms with Crippen LogP contribution in [-0.2, 0) is 4.43 Å². The van der Waals surface area contributed by atoms with Crippen LogP contribution >= 0.6 is 0 Å². The molecule has 118 valence electrons. The van der Waals surface area contributed by atoms with Crippen LogP contribution < -0.4 is 0 Å². The van der Waals surface area contributed by atoms with Crippen LogP contribution in [0, 0.1) is 0 Å². The molecule has 0 aromatic heterocycles. The molecule has 1 nitrogen and oxygen atoms in total. The molecule has 0 N–H and O–H groups in total.